The SMILES string of the molecule is COc1ccccc1N1CCN(CCCCC2N=CC(=O)N(C)C2=O)CC1. The number of rotatable bonds is 7. The van der Waals surface area contributed by atoms with Gasteiger partial charge < -0.3 is 9.64 Å². The van der Waals surface area contributed by atoms with Crippen LogP contribution in [0.4, 0.5) is 5.69 Å². The number of amides is 2. The van der Waals surface area contributed by atoms with E-state index in [1.807, 2.05) is 18.2 Å². The number of hydrogen-bond acceptors (Lipinski definition) is 6. The molecule has 27 heavy (non-hydrogen) atoms. The molecule has 1 aromatic rings. The van der Waals surface area contributed by atoms with E-state index < -0.39 is 6.04 Å². The van der Waals surface area contributed by atoms with Gasteiger partial charge in [-0.05, 0) is 37.9 Å². The number of methoxy groups -OCH3 is 1. The van der Waals surface area contributed by atoms with Crippen LogP contribution in [-0.4, -0.2) is 80.8 Å². The molecule has 0 aliphatic carbocycles. The number of benzene rings is 1. The number of para-hydroxylation sites is 2. The smallest absolute Gasteiger partial charge is 0.270 e. The first kappa shape index (κ1) is 19.4. The summed E-state index contributed by atoms with van der Waals surface area (Å²) >= 11 is 0. The molecule has 3 rings (SSSR count). The van der Waals surface area contributed by atoms with Crippen LogP contribution in [-0.2, 0) is 9.59 Å². The molecule has 1 unspecified atom stereocenters. The summed E-state index contributed by atoms with van der Waals surface area (Å²) in [5.41, 5.74) is 1.16. The number of imide groups is 1. The maximum absolute atomic E-state index is 12.0. The van der Waals surface area contributed by atoms with E-state index in [0.29, 0.717) is 6.42 Å². The van der Waals surface area contributed by atoms with Crippen molar-refractivity contribution in [2.45, 2.75) is 25.3 Å². The fraction of sp³-hybridized carbons (Fsp3) is 0.550. The second kappa shape index (κ2) is 8.99. The fourth-order valence-corrected chi connectivity index (χ4v) is 3.61. The minimum absolute atomic E-state index is 0.187. The van der Waals surface area contributed by atoms with E-state index in [0.717, 1.165) is 61.9 Å². The van der Waals surface area contributed by atoms with Gasteiger partial charge in [0, 0.05) is 33.2 Å². The third kappa shape index (κ3) is 4.66. The number of anilines is 1. The maximum Gasteiger partial charge on any atom is 0.270 e. The number of likely N-dealkylation sites (N-methyl/N-ethyl adjacent to an activating group) is 1. The van der Waals surface area contributed by atoms with Crippen molar-refractivity contribution < 1.29 is 14.3 Å². The molecule has 1 aromatic carbocycles. The monoisotopic (exact) mass is 372 g/mol. The van der Waals surface area contributed by atoms with Crippen molar-refractivity contribution >= 4 is 23.7 Å². The Morgan fingerprint density at radius 3 is 2.59 bits per heavy atom. The van der Waals surface area contributed by atoms with Gasteiger partial charge in [-0.2, -0.15) is 0 Å². The van der Waals surface area contributed by atoms with Crippen molar-refractivity contribution in [3.63, 3.8) is 0 Å². The van der Waals surface area contributed by atoms with Gasteiger partial charge in [-0.1, -0.05) is 12.1 Å². The molecule has 2 aliphatic heterocycles. The van der Waals surface area contributed by atoms with E-state index in [4.69, 9.17) is 4.74 Å². The number of nitrogens with zero attached hydrogens (tertiary/aromatic N) is 4. The van der Waals surface area contributed by atoms with Gasteiger partial charge in [0.2, 0.25) is 0 Å². The van der Waals surface area contributed by atoms with Gasteiger partial charge in [-0.15, -0.1) is 0 Å². The van der Waals surface area contributed by atoms with Gasteiger partial charge in [0.15, 0.2) is 0 Å². The molecule has 0 bridgehead atoms. The van der Waals surface area contributed by atoms with Crippen LogP contribution < -0.4 is 9.64 Å². The second-order valence-electron chi connectivity index (χ2n) is 7.03. The highest BCUT2D eigenvalue weighted by molar-refractivity contribution is 6.31. The predicted octanol–water partition coefficient (Wildman–Crippen LogP) is 1.43. The van der Waals surface area contributed by atoms with Crippen LogP contribution in [0.25, 0.3) is 0 Å². The van der Waals surface area contributed by atoms with Crippen LogP contribution in [0.15, 0.2) is 29.3 Å². The molecule has 1 saturated heterocycles. The average Bonchev–Trinajstić information content (AvgIpc) is 2.71. The lowest BCUT2D eigenvalue weighted by Gasteiger charge is -2.36. The third-order valence-corrected chi connectivity index (χ3v) is 5.31. The first-order chi connectivity index (χ1) is 13.1. The average molecular weight is 372 g/mol. The molecule has 2 heterocycles. The van der Waals surface area contributed by atoms with Gasteiger partial charge in [0.1, 0.15) is 11.8 Å². The zero-order valence-corrected chi connectivity index (χ0v) is 16.1. The van der Waals surface area contributed by atoms with Gasteiger partial charge in [0.05, 0.1) is 19.0 Å². The van der Waals surface area contributed by atoms with Crippen LogP contribution in [0.2, 0.25) is 0 Å². The number of ether oxygens (including phenoxy) is 1. The van der Waals surface area contributed by atoms with Crippen molar-refractivity contribution in [1.82, 2.24) is 9.80 Å². The third-order valence-electron chi connectivity index (χ3n) is 5.31. The van der Waals surface area contributed by atoms with Crippen molar-refractivity contribution in [3.05, 3.63) is 24.3 Å². The largest absolute Gasteiger partial charge is 0.495 e. The highest BCUT2D eigenvalue weighted by Gasteiger charge is 2.28. The van der Waals surface area contributed by atoms with Gasteiger partial charge in [0.25, 0.3) is 11.8 Å². The second-order valence-corrected chi connectivity index (χ2v) is 7.03. The Balaban J connectivity index is 1.38. The lowest BCUT2D eigenvalue weighted by molar-refractivity contribution is -0.141. The van der Waals surface area contributed by atoms with Crippen molar-refractivity contribution in [3.8, 4) is 5.75 Å². The van der Waals surface area contributed by atoms with E-state index in [1.54, 1.807) is 7.11 Å². The summed E-state index contributed by atoms with van der Waals surface area (Å²) in [4.78, 5) is 33.5. The Morgan fingerprint density at radius 1 is 1.11 bits per heavy atom. The summed E-state index contributed by atoms with van der Waals surface area (Å²) in [6.45, 7) is 5.04. The van der Waals surface area contributed by atoms with Crippen LogP contribution in [0, 0.1) is 0 Å². The Bertz CT molecular complexity index is 698. The molecule has 0 saturated carbocycles. The molecule has 146 valence electrons. The first-order valence-corrected chi connectivity index (χ1v) is 9.55. The molecule has 7 nitrogen and oxygen atoms in total. The molecule has 0 aromatic heterocycles. The van der Waals surface area contributed by atoms with Crippen LogP contribution in [0.5, 0.6) is 5.75 Å². The van der Waals surface area contributed by atoms with Crippen molar-refractivity contribution in [2.24, 2.45) is 4.99 Å². The number of hydrogen-bond donors (Lipinski definition) is 0. The van der Waals surface area contributed by atoms with E-state index in [-0.39, 0.29) is 11.8 Å². The molecule has 0 radical (unpaired) electrons. The quantitative estimate of drug-likeness (QED) is 0.535. The number of carbonyl (C=O) groups is 2. The maximum atomic E-state index is 12.0. The molecule has 1 fully saturated rings. The van der Waals surface area contributed by atoms with Crippen LogP contribution in [0.1, 0.15) is 19.3 Å². The Morgan fingerprint density at radius 2 is 1.85 bits per heavy atom. The molecular formula is C20H28N4O3. The highest BCUT2D eigenvalue weighted by atomic mass is 16.5. The minimum atomic E-state index is -0.393. The molecule has 0 spiro atoms. The summed E-state index contributed by atoms with van der Waals surface area (Å²) in [5, 5.41) is 0. The Hall–Kier alpha value is -2.41. The van der Waals surface area contributed by atoms with E-state index in [9.17, 15) is 9.59 Å². The summed E-state index contributed by atoms with van der Waals surface area (Å²) < 4.78 is 5.47. The summed E-state index contributed by atoms with van der Waals surface area (Å²) in [5.74, 6) is 0.407. The number of unbranched alkanes of at least 4 members (excludes halogenated alkanes) is 1. The molecule has 2 aliphatic rings. The number of piperazine rings is 1. The summed E-state index contributed by atoms with van der Waals surface area (Å²) in [7, 11) is 3.23. The molecule has 2 amide bonds. The standard InChI is InChI=1S/C20H28N4O3/c1-22-19(25)15-21-16(20(22)26)7-5-6-10-23-11-13-24(14-12-23)17-8-3-4-9-18(17)27-2/h3-4,8-9,15-16H,5-7,10-14H2,1-2H3. The first-order valence-electron chi connectivity index (χ1n) is 9.55. The fourth-order valence-electron chi connectivity index (χ4n) is 3.61. The molecule has 7 heteroatoms. The number of aliphatic imine (C=N–C) groups is 1. The van der Waals surface area contributed by atoms with Gasteiger partial charge in [-0.25, -0.2) is 0 Å². The van der Waals surface area contributed by atoms with Crippen molar-refractivity contribution in [1.29, 1.82) is 0 Å². The minimum Gasteiger partial charge on any atom is -0.495 e. The Kier molecular flexibility index (Phi) is 6.45. The van der Waals surface area contributed by atoms with E-state index in [2.05, 4.69) is 20.9 Å². The van der Waals surface area contributed by atoms with Crippen molar-refractivity contribution in [2.75, 3.05) is 51.8 Å². The lowest BCUT2D eigenvalue weighted by Crippen LogP contribution is -2.46. The molecule has 0 N–H and O–H groups in total. The summed E-state index contributed by atoms with van der Waals surface area (Å²) in [6, 6.07) is 7.76. The predicted molar refractivity (Wildman–Crippen MR) is 106 cm³/mol. The topological polar surface area (TPSA) is 65.5 Å². The summed E-state index contributed by atoms with van der Waals surface area (Å²) in [6.07, 6.45) is 3.94. The number of carbonyl (C=O) groups excluding carboxylic acids is 2. The van der Waals surface area contributed by atoms with E-state index in [1.165, 1.54) is 13.3 Å². The van der Waals surface area contributed by atoms with Crippen LogP contribution in [0.3, 0.4) is 0 Å². The van der Waals surface area contributed by atoms with Crippen LogP contribution >= 0.6 is 0 Å². The molecule has 1 atom stereocenters. The van der Waals surface area contributed by atoms with E-state index >= 15 is 0 Å². The van der Waals surface area contributed by atoms with Gasteiger partial charge in [-0.3, -0.25) is 24.4 Å². The Labute approximate surface area is 160 Å². The zero-order valence-electron chi connectivity index (χ0n) is 16.1. The lowest BCUT2D eigenvalue weighted by atomic mass is 10.1. The van der Waals surface area contributed by atoms with Gasteiger partial charge >= 0.3 is 0 Å². The normalized spacial score (nSPS) is 21.0. The zero-order chi connectivity index (χ0) is 19.2. The highest BCUT2D eigenvalue weighted by Crippen LogP contribution is 2.28. The molecular weight excluding hydrogens is 344 g/mol.